The fourth-order valence-corrected chi connectivity index (χ4v) is 2.78. The number of rotatable bonds is 2. The largest absolute Gasteiger partial charge is 0.321 e. The van der Waals surface area contributed by atoms with Crippen LogP contribution in [0.15, 0.2) is 36.5 Å². The van der Waals surface area contributed by atoms with Crippen LogP contribution in [0.4, 0.5) is 0 Å². The second kappa shape index (κ2) is 5.04. The molecule has 1 aromatic heterocycles. The zero-order valence-corrected chi connectivity index (χ0v) is 10.5. The molecule has 2 aromatic rings. The second-order valence-corrected chi connectivity index (χ2v) is 5.00. The molecule has 94 valence electrons. The summed E-state index contributed by atoms with van der Waals surface area (Å²) in [4.78, 5) is 4.52. The number of benzene rings is 1. The van der Waals surface area contributed by atoms with Gasteiger partial charge in [0.05, 0.1) is 11.7 Å². The fraction of sp³-hybridized carbons (Fsp3) is 0.400. The summed E-state index contributed by atoms with van der Waals surface area (Å²) < 4.78 is 0. The van der Waals surface area contributed by atoms with Gasteiger partial charge in [-0.3, -0.25) is 4.98 Å². The zero-order chi connectivity index (χ0) is 12.4. The van der Waals surface area contributed by atoms with Crippen molar-refractivity contribution in [3.05, 3.63) is 42.2 Å². The number of hydrogen-bond acceptors (Lipinski definition) is 3. The number of nitrogens with one attached hydrogen (secondary N) is 1. The van der Waals surface area contributed by atoms with Crippen molar-refractivity contribution in [2.75, 3.05) is 6.54 Å². The highest BCUT2D eigenvalue weighted by Gasteiger charge is 2.23. The Bertz CT molecular complexity index is 527. The van der Waals surface area contributed by atoms with Crippen molar-refractivity contribution in [3.8, 4) is 0 Å². The topological polar surface area (TPSA) is 50.9 Å². The zero-order valence-electron chi connectivity index (χ0n) is 10.5. The maximum absolute atomic E-state index is 6.41. The van der Waals surface area contributed by atoms with Gasteiger partial charge in [0.25, 0.3) is 0 Å². The van der Waals surface area contributed by atoms with Crippen molar-refractivity contribution in [2.45, 2.75) is 31.3 Å². The SMILES string of the molecule is NC(c1nccc2ccccc12)C1CCCCN1. The summed E-state index contributed by atoms with van der Waals surface area (Å²) in [6.45, 7) is 1.07. The molecular formula is C15H19N3. The lowest BCUT2D eigenvalue weighted by Gasteiger charge is -2.29. The van der Waals surface area contributed by atoms with Gasteiger partial charge in [0.2, 0.25) is 0 Å². The number of pyridine rings is 1. The van der Waals surface area contributed by atoms with Crippen LogP contribution in [0.5, 0.6) is 0 Å². The highest BCUT2D eigenvalue weighted by molar-refractivity contribution is 5.84. The van der Waals surface area contributed by atoms with Gasteiger partial charge >= 0.3 is 0 Å². The first-order chi connectivity index (χ1) is 8.86. The van der Waals surface area contributed by atoms with Gasteiger partial charge in [-0.05, 0) is 30.8 Å². The number of hydrogen-bond donors (Lipinski definition) is 2. The third-order valence-electron chi connectivity index (χ3n) is 3.80. The summed E-state index contributed by atoms with van der Waals surface area (Å²) in [7, 11) is 0. The van der Waals surface area contributed by atoms with E-state index in [9.17, 15) is 0 Å². The third kappa shape index (κ3) is 2.11. The number of aromatic nitrogens is 1. The van der Waals surface area contributed by atoms with Crippen LogP contribution in [0.2, 0.25) is 0 Å². The number of nitrogens with two attached hydrogens (primary N) is 1. The van der Waals surface area contributed by atoms with E-state index in [0.29, 0.717) is 6.04 Å². The first-order valence-corrected chi connectivity index (χ1v) is 6.69. The molecule has 18 heavy (non-hydrogen) atoms. The molecule has 0 saturated carbocycles. The Morgan fingerprint density at radius 2 is 2.11 bits per heavy atom. The van der Waals surface area contributed by atoms with Gasteiger partial charge in [0, 0.05) is 17.6 Å². The van der Waals surface area contributed by atoms with Crippen molar-refractivity contribution in [2.24, 2.45) is 5.73 Å². The Kier molecular flexibility index (Phi) is 3.26. The normalized spacial score (nSPS) is 21.9. The summed E-state index contributed by atoms with van der Waals surface area (Å²) in [6.07, 6.45) is 5.52. The second-order valence-electron chi connectivity index (χ2n) is 5.00. The molecule has 0 amide bonds. The Morgan fingerprint density at radius 3 is 2.94 bits per heavy atom. The molecule has 3 nitrogen and oxygen atoms in total. The van der Waals surface area contributed by atoms with Crippen molar-refractivity contribution >= 4 is 10.8 Å². The van der Waals surface area contributed by atoms with Gasteiger partial charge in [-0.2, -0.15) is 0 Å². The van der Waals surface area contributed by atoms with Gasteiger partial charge in [-0.15, -0.1) is 0 Å². The van der Waals surface area contributed by atoms with E-state index in [1.54, 1.807) is 0 Å². The van der Waals surface area contributed by atoms with Crippen LogP contribution in [0.25, 0.3) is 10.8 Å². The van der Waals surface area contributed by atoms with Crippen molar-refractivity contribution in [1.29, 1.82) is 0 Å². The molecule has 1 fully saturated rings. The van der Waals surface area contributed by atoms with Crippen LogP contribution >= 0.6 is 0 Å². The maximum atomic E-state index is 6.41. The Hall–Kier alpha value is -1.45. The molecule has 0 bridgehead atoms. The number of piperidine rings is 1. The molecule has 3 N–H and O–H groups in total. The molecule has 3 rings (SSSR count). The average Bonchev–Trinajstić information content (AvgIpc) is 2.47. The quantitative estimate of drug-likeness (QED) is 0.848. The Labute approximate surface area is 107 Å². The molecule has 0 spiro atoms. The standard InChI is InChI=1S/C15H19N3/c16-14(13-7-3-4-9-17-13)15-12-6-2-1-5-11(12)8-10-18-15/h1-2,5-6,8,10,13-14,17H,3-4,7,9,16H2. The monoisotopic (exact) mass is 241 g/mol. The van der Waals surface area contributed by atoms with Gasteiger partial charge in [0.1, 0.15) is 0 Å². The van der Waals surface area contributed by atoms with E-state index in [1.165, 1.54) is 23.6 Å². The minimum atomic E-state index is -0.0172. The summed E-state index contributed by atoms with van der Waals surface area (Å²) >= 11 is 0. The van der Waals surface area contributed by atoms with E-state index in [2.05, 4.69) is 34.6 Å². The highest BCUT2D eigenvalue weighted by Crippen LogP contribution is 2.25. The van der Waals surface area contributed by atoms with Crippen LogP contribution in [0, 0.1) is 0 Å². The van der Waals surface area contributed by atoms with E-state index < -0.39 is 0 Å². The Balaban J connectivity index is 1.97. The molecule has 2 unspecified atom stereocenters. The minimum absolute atomic E-state index is 0.0172. The lowest BCUT2D eigenvalue weighted by molar-refractivity contribution is 0.351. The molecular weight excluding hydrogens is 222 g/mol. The van der Waals surface area contributed by atoms with E-state index in [4.69, 9.17) is 5.73 Å². The van der Waals surface area contributed by atoms with Gasteiger partial charge in [-0.25, -0.2) is 0 Å². The number of fused-ring (bicyclic) bond motifs is 1. The first-order valence-electron chi connectivity index (χ1n) is 6.69. The Morgan fingerprint density at radius 1 is 1.22 bits per heavy atom. The lowest BCUT2D eigenvalue weighted by atomic mass is 9.94. The molecule has 1 aromatic carbocycles. The van der Waals surface area contributed by atoms with Crippen molar-refractivity contribution in [1.82, 2.24) is 10.3 Å². The molecule has 1 saturated heterocycles. The molecule has 2 heterocycles. The van der Waals surface area contributed by atoms with Gasteiger partial charge in [-0.1, -0.05) is 30.7 Å². The average molecular weight is 241 g/mol. The third-order valence-corrected chi connectivity index (χ3v) is 3.80. The van der Waals surface area contributed by atoms with Crippen LogP contribution in [0.3, 0.4) is 0 Å². The van der Waals surface area contributed by atoms with Crippen molar-refractivity contribution < 1.29 is 0 Å². The van der Waals surface area contributed by atoms with Gasteiger partial charge < -0.3 is 11.1 Å². The lowest BCUT2D eigenvalue weighted by Crippen LogP contribution is -2.42. The summed E-state index contributed by atoms with van der Waals surface area (Å²) in [5.41, 5.74) is 7.43. The summed E-state index contributed by atoms with van der Waals surface area (Å²) in [6, 6.07) is 10.7. The van der Waals surface area contributed by atoms with Crippen LogP contribution < -0.4 is 11.1 Å². The molecule has 0 radical (unpaired) electrons. The van der Waals surface area contributed by atoms with E-state index >= 15 is 0 Å². The first kappa shape index (κ1) is 11.6. The predicted molar refractivity (Wildman–Crippen MR) is 74.3 cm³/mol. The van der Waals surface area contributed by atoms with Gasteiger partial charge in [0.15, 0.2) is 0 Å². The smallest absolute Gasteiger partial charge is 0.0665 e. The van der Waals surface area contributed by atoms with Crippen LogP contribution in [0.1, 0.15) is 31.0 Å². The molecule has 2 atom stereocenters. The number of nitrogens with zero attached hydrogens (tertiary/aromatic N) is 1. The molecule has 1 aliphatic rings. The fourth-order valence-electron chi connectivity index (χ4n) is 2.78. The minimum Gasteiger partial charge on any atom is -0.321 e. The van der Waals surface area contributed by atoms with Crippen LogP contribution in [-0.4, -0.2) is 17.6 Å². The van der Waals surface area contributed by atoms with Crippen molar-refractivity contribution in [3.63, 3.8) is 0 Å². The highest BCUT2D eigenvalue weighted by atomic mass is 15.0. The molecule has 0 aliphatic carbocycles. The van der Waals surface area contributed by atoms with Crippen LogP contribution in [-0.2, 0) is 0 Å². The predicted octanol–water partition coefficient (Wildman–Crippen LogP) is 2.38. The van der Waals surface area contributed by atoms with E-state index in [0.717, 1.165) is 18.7 Å². The maximum Gasteiger partial charge on any atom is 0.0665 e. The summed E-state index contributed by atoms with van der Waals surface area (Å²) in [5, 5.41) is 5.91. The molecule has 1 aliphatic heterocycles. The summed E-state index contributed by atoms with van der Waals surface area (Å²) in [5.74, 6) is 0. The van der Waals surface area contributed by atoms with E-state index in [-0.39, 0.29) is 6.04 Å². The van der Waals surface area contributed by atoms with E-state index in [1.807, 2.05) is 12.3 Å². The molecule has 3 heteroatoms.